The van der Waals surface area contributed by atoms with Crippen molar-refractivity contribution in [2.75, 3.05) is 7.11 Å². The Morgan fingerprint density at radius 2 is 1.78 bits per heavy atom. The Kier molecular flexibility index (Phi) is 3.90. The fourth-order valence-corrected chi connectivity index (χ4v) is 3.18. The Morgan fingerprint density at radius 3 is 2.35 bits per heavy atom. The molecule has 4 nitrogen and oxygen atoms in total. The number of methoxy groups -OCH3 is 1. The third-order valence-electron chi connectivity index (χ3n) is 4.60. The second-order valence-corrected chi connectivity index (χ2v) is 5.99. The Morgan fingerprint density at radius 1 is 1.13 bits per heavy atom. The molecule has 4 heteroatoms. The lowest BCUT2D eigenvalue weighted by Crippen LogP contribution is -2.20. The predicted molar refractivity (Wildman–Crippen MR) is 85.4 cm³/mol. The van der Waals surface area contributed by atoms with Crippen LogP contribution in [-0.4, -0.2) is 24.2 Å². The van der Waals surface area contributed by atoms with Crippen molar-refractivity contribution in [1.82, 2.24) is 0 Å². The first-order valence-electron chi connectivity index (χ1n) is 7.52. The molecule has 2 aromatic rings. The first-order chi connectivity index (χ1) is 11.1. The summed E-state index contributed by atoms with van der Waals surface area (Å²) >= 11 is 0. The summed E-state index contributed by atoms with van der Waals surface area (Å²) in [6, 6.07) is 16.7. The van der Waals surface area contributed by atoms with E-state index in [1.54, 1.807) is 12.1 Å². The average Bonchev–Trinajstić information content (AvgIpc) is 3.31. The van der Waals surface area contributed by atoms with Crippen molar-refractivity contribution in [2.24, 2.45) is 5.41 Å². The fraction of sp³-hybridized carbons (Fsp3) is 0.263. The standard InChI is InChI=1S/C19H18O4/c1-23-17(20)15-9-7-14(8-10-15)16-12-19(16,18(21)22)11-13-5-3-2-4-6-13/h2-10,16H,11-12H2,1H3,(H,21,22)/t16?,19-/m1/s1. The van der Waals surface area contributed by atoms with Gasteiger partial charge in [0.2, 0.25) is 0 Å². The van der Waals surface area contributed by atoms with Crippen LogP contribution in [0.3, 0.4) is 0 Å². The number of carboxylic acid groups (broad SMARTS) is 1. The van der Waals surface area contributed by atoms with Crippen LogP contribution in [0, 0.1) is 5.41 Å². The van der Waals surface area contributed by atoms with E-state index in [0.717, 1.165) is 11.1 Å². The summed E-state index contributed by atoms with van der Waals surface area (Å²) < 4.78 is 4.68. The maximum atomic E-state index is 11.8. The summed E-state index contributed by atoms with van der Waals surface area (Å²) in [6.45, 7) is 0. The van der Waals surface area contributed by atoms with E-state index in [0.29, 0.717) is 18.4 Å². The van der Waals surface area contributed by atoms with Crippen molar-refractivity contribution in [3.8, 4) is 0 Å². The largest absolute Gasteiger partial charge is 0.481 e. The van der Waals surface area contributed by atoms with Crippen LogP contribution in [0.15, 0.2) is 54.6 Å². The number of carboxylic acids is 1. The number of ether oxygens (including phenoxy) is 1. The molecule has 1 saturated carbocycles. The van der Waals surface area contributed by atoms with Crippen LogP contribution in [0.4, 0.5) is 0 Å². The molecule has 1 fully saturated rings. The molecule has 0 bridgehead atoms. The van der Waals surface area contributed by atoms with Gasteiger partial charge in [-0.05, 0) is 36.1 Å². The highest BCUT2D eigenvalue weighted by atomic mass is 16.5. The molecule has 2 aromatic carbocycles. The molecule has 0 amide bonds. The van der Waals surface area contributed by atoms with Gasteiger partial charge in [0.15, 0.2) is 0 Å². The number of esters is 1. The van der Waals surface area contributed by atoms with Gasteiger partial charge in [-0.2, -0.15) is 0 Å². The molecular formula is C19H18O4. The number of aliphatic carboxylic acids is 1. The molecule has 1 N–H and O–H groups in total. The van der Waals surface area contributed by atoms with Gasteiger partial charge >= 0.3 is 11.9 Å². The third-order valence-corrected chi connectivity index (χ3v) is 4.60. The Labute approximate surface area is 134 Å². The van der Waals surface area contributed by atoms with Crippen LogP contribution in [-0.2, 0) is 16.0 Å². The first-order valence-corrected chi connectivity index (χ1v) is 7.52. The topological polar surface area (TPSA) is 63.6 Å². The van der Waals surface area contributed by atoms with E-state index >= 15 is 0 Å². The van der Waals surface area contributed by atoms with Gasteiger partial charge in [0.25, 0.3) is 0 Å². The molecule has 1 unspecified atom stereocenters. The third kappa shape index (κ3) is 2.84. The van der Waals surface area contributed by atoms with Gasteiger partial charge in [-0.3, -0.25) is 4.79 Å². The van der Waals surface area contributed by atoms with E-state index in [1.165, 1.54) is 7.11 Å². The van der Waals surface area contributed by atoms with Gasteiger partial charge in [-0.15, -0.1) is 0 Å². The maximum absolute atomic E-state index is 11.8. The maximum Gasteiger partial charge on any atom is 0.337 e. The minimum Gasteiger partial charge on any atom is -0.481 e. The van der Waals surface area contributed by atoms with E-state index in [4.69, 9.17) is 0 Å². The van der Waals surface area contributed by atoms with Crippen molar-refractivity contribution in [2.45, 2.75) is 18.8 Å². The smallest absolute Gasteiger partial charge is 0.337 e. The highest BCUT2D eigenvalue weighted by Crippen LogP contribution is 2.61. The van der Waals surface area contributed by atoms with Crippen LogP contribution in [0.1, 0.15) is 33.8 Å². The van der Waals surface area contributed by atoms with E-state index in [2.05, 4.69) is 4.74 Å². The van der Waals surface area contributed by atoms with E-state index in [9.17, 15) is 14.7 Å². The quantitative estimate of drug-likeness (QED) is 0.861. The van der Waals surface area contributed by atoms with Crippen LogP contribution < -0.4 is 0 Å². The van der Waals surface area contributed by atoms with Crippen molar-refractivity contribution >= 4 is 11.9 Å². The lowest BCUT2D eigenvalue weighted by atomic mass is 9.91. The van der Waals surface area contributed by atoms with Crippen LogP contribution in [0.2, 0.25) is 0 Å². The average molecular weight is 310 g/mol. The number of benzene rings is 2. The summed E-state index contributed by atoms with van der Waals surface area (Å²) in [7, 11) is 1.34. The molecule has 3 rings (SSSR count). The SMILES string of the molecule is COC(=O)c1ccc(C2C[C@@]2(Cc2ccccc2)C(=O)O)cc1. The van der Waals surface area contributed by atoms with Crippen LogP contribution in [0.25, 0.3) is 0 Å². The summed E-state index contributed by atoms with van der Waals surface area (Å²) in [5, 5.41) is 9.70. The van der Waals surface area contributed by atoms with Crippen LogP contribution >= 0.6 is 0 Å². The molecule has 23 heavy (non-hydrogen) atoms. The summed E-state index contributed by atoms with van der Waals surface area (Å²) in [5.41, 5.74) is 1.72. The van der Waals surface area contributed by atoms with E-state index < -0.39 is 11.4 Å². The van der Waals surface area contributed by atoms with Gasteiger partial charge in [-0.25, -0.2) is 4.79 Å². The Bertz CT molecular complexity index is 721. The Hall–Kier alpha value is -2.62. The van der Waals surface area contributed by atoms with Gasteiger partial charge in [0.1, 0.15) is 0 Å². The molecular weight excluding hydrogens is 292 g/mol. The monoisotopic (exact) mass is 310 g/mol. The lowest BCUT2D eigenvalue weighted by Gasteiger charge is -2.13. The molecule has 0 aliphatic heterocycles. The van der Waals surface area contributed by atoms with E-state index in [1.807, 2.05) is 42.5 Å². The molecule has 1 aliphatic carbocycles. The van der Waals surface area contributed by atoms with Crippen molar-refractivity contribution in [3.63, 3.8) is 0 Å². The van der Waals surface area contributed by atoms with Crippen molar-refractivity contribution in [3.05, 3.63) is 71.3 Å². The van der Waals surface area contributed by atoms with Gasteiger partial charge in [-0.1, -0.05) is 42.5 Å². The number of rotatable bonds is 5. The minimum absolute atomic E-state index is 0.0214. The molecule has 118 valence electrons. The predicted octanol–water partition coefficient (Wildman–Crippen LogP) is 3.27. The zero-order chi connectivity index (χ0) is 16.4. The second kappa shape index (κ2) is 5.88. The van der Waals surface area contributed by atoms with Crippen LogP contribution in [0.5, 0.6) is 0 Å². The lowest BCUT2D eigenvalue weighted by molar-refractivity contribution is -0.143. The summed E-state index contributed by atoms with van der Waals surface area (Å²) in [5.74, 6) is -1.17. The Balaban J connectivity index is 1.81. The number of hydrogen-bond acceptors (Lipinski definition) is 3. The number of carbonyl (C=O) groups excluding carboxylic acids is 1. The summed E-state index contributed by atoms with van der Waals surface area (Å²) in [6.07, 6.45) is 1.14. The molecule has 0 heterocycles. The highest BCUT2D eigenvalue weighted by Gasteiger charge is 2.60. The molecule has 2 atom stereocenters. The number of carbonyl (C=O) groups is 2. The van der Waals surface area contributed by atoms with Crippen molar-refractivity contribution < 1.29 is 19.4 Å². The minimum atomic E-state index is -0.761. The zero-order valence-electron chi connectivity index (χ0n) is 12.9. The molecule has 1 aliphatic rings. The zero-order valence-corrected chi connectivity index (χ0v) is 12.9. The second-order valence-electron chi connectivity index (χ2n) is 5.99. The molecule has 0 aromatic heterocycles. The van der Waals surface area contributed by atoms with Gasteiger partial charge < -0.3 is 9.84 Å². The number of hydrogen-bond donors (Lipinski definition) is 1. The molecule has 0 spiro atoms. The first kappa shape index (κ1) is 15.3. The normalized spacial score (nSPS) is 22.4. The molecule has 0 saturated heterocycles. The fourth-order valence-electron chi connectivity index (χ4n) is 3.18. The van der Waals surface area contributed by atoms with Crippen molar-refractivity contribution in [1.29, 1.82) is 0 Å². The van der Waals surface area contributed by atoms with E-state index in [-0.39, 0.29) is 11.9 Å². The highest BCUT2D eigenvalue weighted by molar-refractivity contribution is 5.89. The summed E-state index contributed by atoms with van der Waals surface area (Å²) in [4.78, 5) is 23.3. The molecule has 0 radical (unpaired) electrons. The van der Waals surface area contributed by atoms with Gasteiger partial charge in [0, 0.05) is 5.92 Å². The van der Waals surface area contributed by atoms with Gasteiger partial charge in [0.05, 0.1) is 18.1 Å².